The molecule has 0 spiro atoms. The van der Waals surface area contributed by atoms with E-state index in [2.05, 4.69) is 74.0 Å². The van der Waals surface area contributed by atoms with Gasteiger partial charge in [-0.1, -0.05) is 43.2 Å². The Balaban J connectivity index is 1.10. The van der Waals surface area contributed by atoms with Gasteiger partial charge in [-0.25, -0.2) is 0 Å². The molecule has 1 saturated carbocycles. The maximum absolute atomic E-state index is 13.2. The molecule has 1 aromatic heterocycles. The Morgan fingerprint density at radius 2 is 1.62 bits per heavy atom. The molecule has 3 fully saturated rings. The Hall–Kier alpha value is -2.63. The topological polar surface area (TPSA) is 31.7 Å². The van der Waals surface area contributed by atoms with Gasteiger partial charge in [0.2, 0.25) is 0 Å². The van der Waals surface area contributed by atoms with E-state index < -0.39 is 0 Å². The molecule has 0 bridgehead atoms. The predicted octanol–water partition coefficient (Wildman–Crippen LogP) is 4.79. The molecule has 2 aliphatic heterocycles. The number of rotatable bonds is 5. The van der Waals surface area contributed by atoms with E-state index in [1.54, 1.807) is 0 Å². The molecule has 5 nitrogen and oxygen atoms in total. The zero-order valence-electron chi connectivity index (χ0n) is 20.1. The first kappa shape index (κ1) is 21.9. The number of piperazine rings is 1. The molecule has 2 aromatic carbocycles. The maximum atomic E-state index is 13.2. The summed E-state index contributed by atoms with van der Waals surface area (Å²) < 4.78 is 2.43. The highest BCUT2D eigenvalue weighted by Crippen LogP contribution is 2.29. The van der Waals surface area contributed by atoms with Crippen molar-refractivity contribution in [1.29, 1.82) is 0 Å². The van der Waals surface area contributed by atoms with E-state index in [-0.39, 0.29) is 5.91 Å². The molecule has 34 heavy (non-hydrogen) atoms. The number of hydrogen-bond donors (Lipinski definition) is 0. The number of hydrogen-bond acceptors (Lipinski definition) is 3. The third-order valence-corrected chi connectivity index (χ3v) is 8.30. The number of aromatic nitrogens is 1. The molecule has 0 radical (unpaired) electrons. The largest absolute Gasteiger partial charge is 0.343 e. The molecule has 3 heterocycles. The van der Waals surface area contributed by atoms with Crippen LogP contribution in [0.5, 0.6) is 0 Å². The lowest BCUT2D eigenvalue weighted by molar-refractivity contribution is 0.0573. The zero-order chi connectivity index (χ0) is 22.9. The first-order chi connectivity index (χ1) is 16.7. The number of benzene rings is 2. The predicted molar refractivity (Wildman–Crippen MR) is 137 cm³/mol. The van der Waals surface area contributed by atoms with Gasteiger partial charge in [0.1, 0.15) is 0 Å². The molecular weight excluding hydrogens is 420 g/mol. The van der Waals surface area contributed by atoms with Gasteiger partial charge in [-0.2, -0.15) is 0 Å². The highest BCUT2D eigenvalue weighted by Gasteiger charge is 2.29. The molecule has 1 aliphatic carbocycles. The maximum Gasteiger partial charge on any atom is 0.253 e. The minimum atomic E-state index is 0.190. The second-order valence-corrected chi connectivity index (χ2v) is 10.4. The van der Waals surface area contributed by atoms with E-state index in [1.807, 2.05) is 6.07 Å². The summed E-state index contributed by atoms with van der Waals surface area (Å²) in [6.07, 6.45) is 8.81. The number of carbonyl (C=O) groups is 1. The summed E-state index contributed by atoms with van der Waals surface area (Å²) in [4.78, 5) is 20.5. The monoisotopic (exact) mass is 456 g/mol. The minimum Gasteiger partial charge on any atom is -0.343 e. The standard InChI is InChI=1S/C29H36N4O/c34-29(32-18-16-31(17-19-32)26-8-4-5-9-26)25-10-11-28-24(20-25)12-15-33(28)27-13-14-30(22-27)21-23-6-2-1-3-7-23/h1-3,6-7,10-12,15,20,26-27H,4-5,8-9,13-14,16-19,21-22H2. The van der Waals surface area contributed by atoms with Gasteiger partial charge >= 0.3 is 0 Å². The number of amides is 1. The van der Waals surface area contributed by atoms with Crippen molar-refractivity contribution in [3.63, 3.8) is 0 Å². The highest BCUT2D eigenvalue weighted by molar-refractivity contribution is 5.98. The van der Waals surface area contributed by atoms with E-state index in [0.717, 1.165) is 57.4 Å². The summed E-state index contributed by atoms with van der Waals surface area (Å²) in [5.74, 6) is 0.190. The molecule has 0 N–H and O–H groups in total. The average Bonchev–Trinajstić information content (AvgIpc) is 3.65. The van der Waals surface area contributed by atoms with Crippen molar-refractivity contribution in [3.05, 3.63) is 71.9 Å². The lowest BCUT2D eigenvalue weighted by atomic mass is 10.1. The molecule has 1 atom stereocenters. The van der Waals surface area contributed by atoms with E-state index in [0.29, 0.717) is 6.04 Å². The fourth-order valence-electron chi connectivity index (χ4n) is 6.38. The van der Waals surface area contributed by atoms with Crippen molar-refractivity contribution < 1.29 is 4.79 Å². The molecule has 1 amide bonds. The fourth-order valence-corrected chi connectivity index (χ4v) is 6.38. The van der Waals surface area contributed by atoms with Crippen molar-refractivity contribution in [1.82, 2.24) is 19.3 Å². The molecular formula is C29H36N4O. The third-order valence-electron chi connectivity index (χ3n) is 8.30. The van der Waals surface area contributed by atoms with Gasteiger partial charge in [-0.05, 0) is 49.1 Å². The summed E-state index contributed by atoms with van der Waals surface area (Å²) in [6.45, 7) is 6.98. The summed E-state index contributed by atoms with van der Waals surface area (Å²) in [5, 5.41) is 1.18. The van der Waals surface area contributed by atoms with Crippen molar-refractivity contribution in [2.24, 2.45) is 0 Å². The van der Waals surface area contributed by atoms with E-state index in [4.69, 9.17) is 0 Å². The van der Waals surface area contributed by atoms with E-state index in [9.17, 15) is 4.79 Å². The Labute approximate surface area is 202 Å². The van der Waals surface area contributed by atoms with Crippen molar-refractivity contribution in [2.45, 2.75) is 50.7 Å². The van der Waals surface area contributed by atoms with Crippen LogP contribution in [-0.2, 0) is 6.54 Å². The number of nitrogens with zero attached hydrogens (tertiary/aromatic N) is 4. The van der Waals surface area contributed by atoms with Crippen LogP contribution < -0.4 is 0 Å². The fraction of sp³-hybridized carbons (Fsp3) is 0.483. The van der Waals surface area contributed by atoms with Crippen molar-refractivity contribution in [3.8, 4) is 0 Å². The van der Waals surface area contributed by atoms with Crippen molar-refractivity contribution >= 4 is 16.8 Å². The van der Waals surface area contributed by atoms with Crippen LogP contribution in [0.15, 0.2) is 60.8 Å². The molecule has 178 valence electrons. The molecule has 5 heteroatoms. The minimum absolute atomic E-state index is 0.190. The lowest BCUT2D eigenvalue weighted by Gasteiger charge is -2.38. The smallest absolute Gasteiger partial charge is 0.253 e. The van der Waals surface area contributed by atoms with Gasteiger partial charge in [0.15, 0.2) is 0 Å². The van der Waals surface area contributed by atoms with Crippen LogP contribution >= 0.6 is 0 Å². The highest BCUT2D eigenvalue weighted by atomic mass is 16.2. The van der Waals surface area contributed by atoms with Crippen LogP contribution in [0.3, 0.4) is 0 Å². The first-order valence-electron chi connectivity index (χ1n) is 13.1. The second-order valence-electron chi connectivity index (χ2n) is 10.4. The molecule has 2 saturated heterocycles. The zero-order valence-corrected chi connectivity index (χ0v) is 20.1. The summed E-state index contributed by atoms with van der Waals surface area (Å²) >= 11 is 0. The Bertz CT molecular complexity index is 1130. The van der Waals surface area contributed by atoms with Crippen LogP contribution in [0.1, 0.15) is 54.1 Å². The number of carbonyl (C=O) groups excluding carboxylic acids is 1. The van der Waals surface area contributed by atoms with Crippen LogP contribution in [0, 0.1) is 0 Å². The normalized spacial score (nSPS) is 22.7. The van der Waals surface area contributed by atoms with Gasteiger partial charge in [0, 0.05) is 80.6 Å². The Kier molecular flexibility index (Phi) is 6.15. The van der Waals surface area contributed by atoms with Crippen molar-refractivity contribution in [2.75, 3.05) is 39.3 Å². The van der Waals surface area contributed by atoms with Crippen LogP contribution in [-0.4, -0.2) is 70.5 Å². The van der Waals surface area contributed by atoms with E-state index >= 15 is 0 Å². The van der Waals surface area contributed by atoms with Gasteiger partial charge < -0.3 is 9.47 Å². The van der Waals surface area contributed by atoms with Crippen LogP contribution in [0.25, 0.3) is 10.9 Å². The average molecular weight is 457 g/mol. The van der Waals surface area contributed by atoms with Crippen LogP contribution in [0.2, 0.25) is 0 Å². The second kappa shape index (κ2) is 9.55. The Morgan fingerprint density at radius 3 is 2.41 bits per heavy atom. The SMILES string of the molecule is O=C(c1ccc2c(ccn2C2CCN(Cc3ccccc3)C2)c1)N1CCN(C2CCCC2)CC1. The Morgan fingerprint density at radius 1 is 0.824 bits per heavy atom. The van der Waals surface area contributed by atoms with E-state index in [1.165, 1.54) is 48.6 Å². The quantitative estimate of drug-likeness (QED) is 0.553. The number of fused-ring (bicyclic) bond motifs is 1. The van der Waals surface area contributed by atoms with Crippen LogP contribution in [0.4, 0.5) is 0 Å². The molecule has 6 rings (SSSR count). The third kappa shape index (κ3) is 4.39. The summed E-state index contributed by atoms with van der Waals surface area (Å²) in [5.41, 5.74) is 3.46. The van der Waals surface area contributed by atoms with Gasteiger partial charge in [0.05, 0.1) is 0 Å². The van der Waals surface area contributed by atoms with Gasteiger partial charge in [0.25, 0.3) is 5.91 Å². The van der Waals surface area contributed by atoms with Gasteiger partial charge in [-0.3, -0.25) is 14.6 Å². The molecule has 1 unspecified atom stereocenters. The molecule has 3 aliphatic rings. The van der Waals surface area contributed by atoms with Gasteiger partial charge in [-0.15, -0.1) is 0 Å². The molecule has 3 aromatic rings. The summed E-state index contributed by atoms with van der Waals surface area (Å²) in [6, 6.07) is 20.5. The first-order valence-corrected chi connectivity index (χ1v) is 13.1. The summed E-state index contributed by atoms with van der Waals surface area (Å²) in [7, 11) is 0. The lowest BCUT2D eigenvalue weighted by Crippen LogP contribution is -2.51. The number of likely N-dealkylation sites (tertiary alicyclic amines) is 1.